The van der Waals surface area contributed by atoms with Crippen LogP contribution in [-0.2, 0) is 4.79 Å². The number of nitrogens with two attached hydrogens (primary N) is 1. The van der Waals surface area contributed by atoms with Crippen molar-refractivity contribution in [2.75, 3.05) is 13.1 Å². The van der Waals surface area contributed by atoms with Gasteiger partial charge in [-0.3, -0.25) is 4.79 Å². The number of rotatable bonds is 2. The van der Waals surface area contributed by atoms with Gasteiger partial charge in [-0.1, -0.05) is 45.3 Å². The van der Waals surface area contributed by atoms with Crippen molar-refractivity contribution >= 4 is 5.91 Å². The molecule has 0 spiro atoms. The molecule has 1 aliphatic carbocycles. The summed E-state index contributed by atoms with van der Waals surface area (Å²) in [5, 5.41) is 0. The summed E-state index contributed by atoms with van der Waals surface area (Å²) < 4.78 is 0. The number of hydrogen-bond acceptors (Lipinski definition) is 2. The molecule has 1 fully saturated rings. The molecule has 0 unspecified atom stereocenters. The SMILES string of the molecule is CC(C)(C)C1=CCN(C(=O)CC2(N)CCCC2)CC1. The van der Waals surface area contributed by atoms with E-state index in [0.29, 0.717) is 6.42 Å². The van der Waals surface area contributed by atoms with Crippen LogP contribution in [0.25, 0.3) is 0 Å². The predicted octanol–water partition coefficient (Wildman–Crippen LogP) is 2.85. The molecule has 1 amide bonds. The van der Waals surface area contributed by atoms with Crippen molar-refractivity contribution < 1.29 is 4.79 Å². The third-order valence-electron chi connectivity index (χ3n) is 4.63. The minimum absolute atomic E-state index is 0.217. The molecule has 3 nitrogen and oxygen atoms in total. The van der Waals surface area contributed by atoms with Crippen molar-refractivity contribution in [2.45, 2.75) is 64.8 Å². The smallest absolute Gasteiger partial charge is 0.224 e. The molecule has 0 radical (unpaired) electrons. The van der Waals surface area contributed by atoms with Gasteiger partial charge in [-0.25, -0.2) is 0 Å². The maximum absolute atomic E-state index is 12.3. The molecule has 1 heterocycles. The van der Waals surface area contributed by atoms with Gasteiger partial charge in [0.1, 0.15) is 0 Å². The topological polar surface area (TPSA) is 46.3 Å². The molecule has 0 aromatic heterocycles. The largest absolute Gasteiger partial charge is 0.339 e. The van der Waals surface area contributed by atoms with Crippen molar-refractivity contribution in [2.24, 2.45) is 11.1 Å². The fraction of sp³-hybridized carbons (Fsp3) is 0.812. The lowest BCUT2D eigenvalue weighted by atomic mass is 9.83. The van der Waals surface area contributed by atoms with Gasteiger partial charge in [0.05, 0.1) is 0 Å². The normalized spacial score (nSPS) is 23.4. The van der Waals surface area contributed by atoms with Gasteiger partial charge < -0.3 is 10.6 Å². The monoisotopic (exact) mass is 264 g/mol. The molecule has 108 valence electrons. The fourth-order valence-electron chi connectivity index (χ4n) is 3.25. The van der Waals surface area contributed by atoms with Crippen molar-refractivity contribution in [3.8, 4) is 0 Å². The van der Waals surface area contributed by atoms with Crippen LogP contribution in [0.1, 0.15) is 59.3 Å². The van der Waals surface area contributed by atoms with E-state index in [2.05, 4.69) is 26.8 Å². The van der Waals surface area contributed by atoms with Gasteiger partial charge in [0.2, 0.25) is 5.91 Å². The van der Waals surface area contributed by atoms with Crippen LogP contribution in [0.4, 0.5) is 0 Å². The van der Waals surface area contributed by atoms with Gasteiger partial charge in [0.25, 0.3) is 0 Å². The molecule has 2 rings (SSSR count). The van der Waals surface area contributed by atoms with E-state index in [9.17, 15) is 4.79 Å². The Kier molecular flexibility index (Phi) is 4.05. The first-order valence-electron chi connectivity index (χ1n) is 7.56. The summed E-state index contributed by atoms with van der Waals surface area (Å²) in [5.74, 6) is 0.244. The minimum atomic E-state index is -0.217. The Bertz CT molecular complexity index is 373. The van der Waals surface area contributed by atoms with Crippen molar-refractivity contribution in [3.63, 3.8) is 0 Å². The Morgan fingerprint density at radius 2 is 2.00 bits per heavy atom. The zero-order valence-electron chi connectivity index (χ0n) is 12.7. The maximum Gasteiger partial charge on any atom is 0.224 e. The average Bonchev–Trinajstić information content (AvgIpc) is 2.75. The number of nitrogens with zero attached hydrogens (tertiary/aromatic N) is 1. The first-order valence-corrected chi connectivity index (χ1v) is 7.56. The van der Waals surface area contributed by atoms with Crippen molar-refractivity contribution in [1.29, 1.82) is 0 Å². The van der Waals surface area contributed by atoms with Gasteiger partial charge in [0.15, 0.2) is 0 Å². The molecule has 2 aliphatic rings. The molecule has 0 saturated heterocycles. The van der Waals surface area contributed by atoms with Crippen molar-refractivity contribution in [3.05, 3.63) is 11.6 Å². The number of carbonyl (C=O) groups excluding carboxylic acids is 1. The van der Waals surface area contributed by atoms with Crippen LogP contribution in [0.2, 0.25) is 0 Å². The van der Waals surface area contributed by atoms with E-state index in [0.717, 1.165) is 32.4 Å². The van der Waals surface area contributed by atoms with Crippen LogP contribution in [0.3, 0.4) is 0 Å². The molecule has 0 aromatic rings. The lowest BCUT2D eigenvalue weighted by molar-refractivity contribution is -0.132. The number of amides is 1. The second kappa shape index (κ2) is 5.28. The summed E-state index contributed by atoms with van der Waals surface area (Å²) in [6, 6.07) is 0. The second-order valence-electron chi connectivity index (χ2n) is 7.32. The molecule has 0 aromatic carbocycles. The van der Waals surface area contributed by atoms with E-state index in [1.807, 2.05) is 4.90 Å². The third-order valence-corrected chi connectivity index (χ3v) is 4.63. The second-order valence-corrected chi connectivity index (χ2v) is 7.32. The zero-order valence-corrected chi connectivity index (χ0v) is 12.7. The Labute approximate surface area is 117 Å². The third kappa shape index (κ3) is 3.59. The molecule has 19 heavy (non-hydrogen) atoms. The van der Waals surface area contributed by atoms with E-state index in [4.69, 9.17) is 5.73 Å². The molecular weight excluding hydrogens is 236 g/mol. The number of hydrogen-bond donors (Lipinski definition) is 1. The molecule has 0 bridgehead atoms. The standard InChI is InChI=1S/C16H28N2O/c1-15(2,3)13-6-10-18(11-7-13)14(19)12-16(17)8-4-5-9-16/h6H,4-5,7-12,17H2,1-3H3. The number of carbonyl (C=O) groups is 1. The summed E-state index contributed by atoms with van der Waals surface area (Å²) in [4.78, 5) is 14.3. The highest BCUT2D eigenvalue weighted by atomic mass is 16.2. The zero-order chi connectivity index (χ0) is 14.1. The Balaban J connectivity index is 1.91. The van der Waals surface area contributed by atoms with E-state index in [1.54, 1.807) is 0 Å². The van der Waals surface area contributed by atoms with Crippen LogP contribution < -0.4 is 5.73 Å². The molecule has 0 atom stereocenters. The van der Waals surface area contributed by atoms with Gasteiger partial charge in [0, 0.05) is 25.0 Å². The summed E-state index contributed by atoms with van der Waals surface area (Å²) in [7, 11) is 0. The summed E-state index contributed by atoms with van der Waals surface area (Å²) in [5.41, 5.74) is 7.79. The summed E-state index contributed by atoms with van der Waals surface area (Å²) in [6.45, 7) is 8.34. The van der Waals surface area contributed by atoms with Crippen LogP contribution in [0.15, 0.2) is 11.6 Å². The summed E-state index contributed by atoms with van der Waals surface area (Å²) in [6.07, 6.45) is 8.15. The first-order chi connectivity index (χ1) is 8.80. The highest BCUT2D eigenvalue weighted by Crippen LogP contribution is 2.32. The van der Waals surface area contributed by atoms with Crippen LogP contribution in [0.5, 0.6) is 0 Å². The molecule has 1 aliphatic heterocycles. The predicted molar refractivity (Wildman–Crippen MR) is 78.7 cm³/mol. The van der Waals surface area contributed by atoms with Crippen LogP contribution in [-0.4, -0.2) is 29.4 Å². The first kappa shape index (κ1) is 14.6. The molecular formula is C16H28N2O. The quantitative estimate of drug-likeness (QED) is 0.780. The minimum Gasteiger partial charge on any atom is -0.339 e. The lowest BCUT2D eigenvalue weighted by Gasteiger charge is -2.34. The van der Waals surface area contributed by atoms with Gasteiger partial charge in [-0.2, -0.15) is 0 Å². The fourth-order valence-corrected chi connectivity index (χ4v) is 3.25. The Hall–Kier alpha value is -0.830. The molecule has 2 N–H and O–H groups in total. The van der Waals surface area contributed by atoms with Crippen LogP contribution >= 0.6 is 0 Å². The highest BCUT2D eigenvalue weighted by molar-refractivity contribution is 5.78. The van der Waals surface area contributed by atoms with E-state index in [-0.39, 0.29) is 16.9 Å². The van der Waals surface area contributed by atoms with E-state index in [1.165, 1.54) is 18.4 Å². The van der Waals surface area contributed by atoms with E-state index >= 15 is 0 Å². The van der Waals surface area contributed by atoms with Gasteiger partial charge >= 0.3 is 0 Å². The summed E-state index contributed by atoms with van der Waals surface area (Å²) >= 11 is 0. The molecule has 1 saturated carbocycles. The maximum atomic E-state index is 12.3. The Morgan fingerprint density at radius 3 is 2.47 bits per heavy atom. The average molecular weight is 264 g/mol. The lowest BCUT2D eigenvalue weighted by Crippen LogP contribution is -2.45. The highest BCUT2D eigenvalue weighted by Gasteiger charge is 2.34. The van der Waals surface area contributed by atoms with Crippen molar-refractivity contribution in [1.82, 2.24) is 4.90 Å². The molecule has 3 heteroatoms. The Morgan fingerprint density at radius 1 is 1.37 bits per heavy atom. The van der Waals surface area contributed by atoms with Crippen LogP contribution in [0, 0.1) is 5.41 Å². The van der Waals surface area contributed by atoms with Gasteiger partial charge in [-0.15, -0.1) is 0 Å². The van der Waals surface area contributed by atoms with E-state index < -0.39 is 0 Å². The van der Waals surface area contributed by atoms with Gasteiger partial charge in [-0.05, 0) is 24.7 Å².